The van der Waals surface area contributed by atoms with E-state index in [1.807, 2.05) is 6.92 Å². The topological polar surface area (TPSA) is 47.3 Å². The van der Waals surface area contributed by atoms with Crippen molar-refractivity contribution in [1.82, 2.24) is 10.3 Å². The lowest BCUT2D eigenvalue weighted by atomic mass is 10.0. The van der Waals surface area contributed by atoms with Crippen LogP contribution in [0.25, 0.3) is 0 Å². The van der Waals surface area contributed by atoms with Crippen molar-refractivity contribution in [1.29, 1.82) is 0 Å². The van der Waals surface area contributed by atoms with Gasteiger partial charge in [-0.25, -0.2) is 4.98 Å². The summed E-state index contributed by atoms with van der Waals surface area (Å²) in [6.45, 7) is 5.49. The number of nitrogens with one attached hydrogen (secondary N) is 1. The van der Waals surface area contributed by atoms with Crippen molar-refractivity contribution in [2.45, 2.75) is 32.9 Å². The van der Waals surface area contributed by atoms with Gasteiger partial charge in [-0.1, -0.05) is 12.1 Å². The molecule has 4 nitrogen and oxygen atoms in total. The van der Waals surface area contributed by atoms with E-state index in [1.165, 1.54) is 11.1 Å². The van der Waals surface area contributed by atoms with Crippen molar-refractivity contribution in [3.63, 3.8) is 0 Å². The van der Waals surface area contributed by atoms with Gasteiger partial charge in [0.1, 0.15) is 11.5 Å². The van der Waals surface area contributed by atoms with Crippen molar-refractivity contribution in [3.8, 4) is 5.75 Å². The quantitative estimate of drug-likeness (QED) is 0.916. The van der Waals surface area contributed by atoms with Gasteiger partial charge in [0.05, 0.1) is 19.3 Å². The number of aromatic nitrogens is 1. The number of hydrogen-bond acceptors (Lipinski definition) is 4. The van der Waals surface area contributed by atoms with Gasteiger partial charge in [0.2, 0.25) is 5.89 Å². The second-order valence-electron chi connectivity index (χ2n) is 4.93. The Kier molecular flexibility index (Phi) is 3.25. The van der Waals surface area contributed by atoms with Gasteiger partial charge in [-0.3, -0.25) is 0 Å². The average Bonchev–Trinajstić information content (AvgIpc) is 3.03. The summed E-state index contributed by atoms with van der Waals surface area (Å²) in [5.74, 6) is 2.60. The molecule has 4 heteroatoms. The number of hydrogen-bond donors (Lipinski definition) is 1. The predicted octanol–water partition coefficient (Wildman–Crippen LogP) is 2.77. The Hall–Kier alpha value is -1.81. The number of benzene rings is 1. The van der Waals surface area contributed by atoms with Gasteiger partial charge in [0.25, 0.3) is 0 Å². The summed E-state index contributed by atoms with van der Waals surface area (Å²) < 4.78 is 11.0. The maximum atomic E-state index is 5.52. The summed E-state index contributed by atoms with van der Waals surface area (Å²) in [5, 5.41) is 3.42. The highest BCUT2D eigenvalue weighted by atomic mass is 16.5. The molecule has 100 valence electrons. The smallest absolute Gasteiger partial charge is 0.208 e. The fraction of sp³-hybridized carbons (Fsp3) is 0.400. The van der Waals surface area contributed by atoms with Crippen LogP contribution in [0.5, 0.6) is 5.75 Å². The van der Waals surface area contributed by atoms with Crippen molar-refractivity contribution < 1.29 is 9.15 Å². The van der Waals surface area contributed by atoms with E-state index in [-0.39, 0.29) is 6.04 Å². The minimum Gasteiger partial charge on any atom is -0.493 e. The molecule has 0 radical (unpaired) electrons. The highest BCUT2D eigenvalue weighted by Gasteiger charge is 2.14. The molecule has 2 heterocycles. The molecule has 0 fully saturated rings. The first-order valence-electron chi connectivity index (χ1n) is 6.62. The van der Waals surface area contributed by atoms with E-state index in [0.717, 1.165) is 30.4 Å². The maximum absolute atomic E-state index is 5.52. The Morgan fingerprint density at radius 2 is 2.32 bits per heavy atom. The predicted molar refractivity (Wildman–Crippen MR) is 72.1 cm³/mol. The largest absolute Gasteiger partial charge is 0.493 e. The number of aryl methyl sites for hydroxylation is 1. The molecule has 3 rings (SSSR count). The van der Waals surface area contributed by atoms with Crippen LogP contribution in [0.4, 0.5) is 0 Å². The van der Waals surface area contributed by atoms with Crippen molar-refractivity contribution in [2.75, 3.05) is 6.61 Å². The molecule has 1 aromatic heterocycles. The second kappa shape index (κ2) is 5.05. The van der Waals surface area contributed by atoms with E-state index in [9.17, 15) is 0 Å². The highest BCUT2D eigenvalue weighted by Crippen LogP contribution is 2.28. The van der Waals surface area contributed by atoms with E-state index >= 15 is 0 Å². The molecular weight excluding hydrogens is 240 g/mol. The van der Waals surface area contributed by atoms with Crippen LogP contribution in [0.2, 0.25) is 0 Å². The van der Waals surface area contributed by atoms with Gasteiger partial charge < -0.3 is 14.5 Å². The zero-order chi connectivity index (χ0) is 13.2. The Bertz CT molecular complexity index is 577. The SMILES string of the molecule is Cc1cnc(CNC(C)c2ccc3c(c2)CCO3)o1. The summed E-state index contributed by atoms with van der Waals surface area (Å²) in [6, 6.07) is 6.66. The minimum absolute atomic E-state index is 0.262. The highest BCUT2D eigenvalue weighted by molar-refractivity contribution is 5.40. The zero-order valence-electron chi connectivity index (χ0n) is 11.3. The number of ether oxygens (including phenoxy) is 1. The normalized spacial score (nSPS) is 15.1. The van der Waals surface area contributed by atoms with Crippen LogP contribution in [0.3, 0.4) is 0 Å². The number of oxazole rings is 1. The van der Waals surface area contributed by atoms with Gasteiger partial charge >= 0.3 is 0 Å². The van der Waals surface area contributed by atoms with Crippen LogP contribution in [-0.4, -0.2) is 11.6 Å². The Morgan fingerprint density at radius 1 is 1.42 bits per heavy atom. The minimum atomic E-state index is 0.262. The van der Waals surface area contributed by atoms with Gasteiger partial charge in [-0.2, -0.15) is 0 Å². The molecule has 0 spiro atoms. The standard InChI is InChI=1S/C15H18N2O2/c1-10-8-17-15(19-10)9-16-11(2)12-3-4-14-13(7-12)5-6-18-14/h3-4,7-8,11,16H,5-6,9H2,1-2H3. The summed E-state index contributed by atoms with van der Waals surface area (Å²) in [7, 11) is 0. The molecule has 0 amide bonds. The van der Waals surface area contributed by atoms with Gasteiger partial charge in [-0.05, 0) is 31.0 Å². The van der Waals surface area contributed by atoms with Gasteiger partial charge in [0, 0.05) is 12.5 Å². The fourth-order valence-corrected chi connectivity index (χ4v) is 2.32. The second-order valence-corrected chi connectivity index (χ2v) is 4.93. The Morgan fingerprint density at radius 3 is 3.11 bits per heavy atom. The van der Waals surface area contributed by atoms with Crippen LogP contribution < -0.4 is 10.1 Å². The molecule has 1 atom stereocenters. The average molecular weight is 258 g/mol. The molecule has 19 heavy (non-hydrogen) atoms. The lowest BCUT2D eigenvalue weighted by molar-refractivity contribution is 0.356. The lowest BCUT2D eigenvalue weighted by Crippen LogP contribution is -2.18. The third-order valence-corrected chi connectivity index (χ3v) is 3.44. The van der Waals surface area contributed by atoms with Crippen LogP contribution in [0.15, 0.2) is 28.8 Å². The van der Waals surface area contributed by atoms with E-state index in [2.05, 4.69) is 35.4 Å². The maximum Gasteiger partial charge on any atom is 0.208 e. The first-order chi connectivity index (χ1) is 9.22. The van der Waals surface area contributed by atoms with Crippen molar-refractivity contribution >= 4 is 0 Å². The first kappa shape index (κ1) is 12.2. The van der Waals surface area contributed by atoms with Gasteiger partial charge in [0.15, 0.2) is 0 Å². The third kappa shape index (κ3) is 2.63. The van der Waals surface area contributed by atoms with E-state index < -0.39 is 0 Å². The number of nitrogens with zero attached hydrogens (tertiary/aromatic N) is 1. The van der Waals surface area contributed by atoms with Gasteiger partial charge in [-0.15, -0.1) is 0 Å². The van der Waals surface area contributed by atoms with Crippen molar-refractivity contribution in [3.05, 3.63) is 47.2 Å². The molecule has 0 saturated carbocycles. The van der Waals surface area contributed by atoms with Crippen LogP contribution in [0.1, 0.15) is 35.7 Å². The zero-order valence-corrected chi connectivity index (χ0v) is 11.3. The molecule has 2 aromatic rings. The summed E-state index contributed by atoms with van der Waals surface area (Å²) in [5.41, 5.74) is 2.57. The molecule has 1 aliphatic heterocycles. The van der Waals surface area contributed by atoms with Crippen LogP contribution in [-0.2, 0) is 13.0 Å². The molecule has 0 bridgehead atoms. The van der Waals surface area contributed by atoms with Crippen LogP contribution >= 0.6 is 0 Å². The van der Waals surface area contributed by atoms with Crippen molar-refractivity contribution in [2.24, 2.45) is 0 Å². The first-order valence-corrected chi connectivity index (χ1v) is 6.62. The molecule has 1 aromatic carbocycles. The number of rotatable bonds is 4. The van der Waals surface area contributed by atoms with E-state index in [4.69, 9.17) is 9.15 Å². The summed E-state index contributed by atoms with van der Waals surface area (Å²) in [4.78, 5) is 4.19. The molecule has 0 aliphatic carbocycles. The van der Waals surface area contributed by atoms with Crippen LogP contribution in [0, 0.1) is 6.92 Å². The molecule has 1 N–H and O–H groups in total. The third-order valence-electron chi connectivity index (χ3n) is 3.44. The monoisotopic (exact) mass is 258 g/mol. The summed E-state index contributed by atoms with van der Waals surface area (Å²) in [6.07, 6.45) is 2.75. The fourth-order valence-electron chi connectivity index (χ4n) is 2.32. The Balaban J connectivity index is 1.65. The molecular formula is C15H18N2O2. The Labute approximate surface area is 112 Å². The van der Waals surface area contributed by atoms with E-state index in [0.29, 0.717) is 6.54 Å². The lowest BCUT2D eigenvalue weighted by Gasteiger charge is -2.14. The number of fused-ring (bicyclic) bond motifs is 1. The molecule has 1 unspecified atom stereocenters. The van der Waals surface area contributed by atoms with E-state index in [1.54, 1.807) is 6.20 Å². The summed E-state index contributed by atoms with van der Waals surface area (Å²) >= 11 is 0. The molecule has 1 aliphatic rings. The molecule has 0 saturated heterocycles.